The van der Waals surface area contributed by atoms with Crippen LogP contribution in [0.15, 0.2) is 47.2 Å². The highest BCUT2D eigenvalue weighted by Gasteiger charge is 2.00. The molecule has 2 rings (SSSR count). The SMILES string of the molecule is C1=NC(Cc2ccccc2)=C[N]1. The molecule has 2 heteroatoms. The van der Waals surface area contributed by atoms with Gasteiger partial charge in [-0.1, -0.05) is 30.3 Å². The summed E-state index contributed by atoms with van der Waals surface area (Å²) in [6.07, 6.45) is 4.26. The van der Waals surface area contributed by atoms with Crippen LogP contribution in [0.5, 0.6) is 0 Å². The van der Waals surface area contributed by atoms with Crippen LogP contribution in [-0.2, 0) is 6.42 Å². The summed E-state index contributed by atoms with van der Waals surface area (Å²) in [5, 5.41) is 3.91. The van der Waals surface area contributed by atoms with Crippen LogP contribution in [0, 0.1) is 0 Å². The van der Waals surface area contributed by atoms with E-state index >= 15 is 0 Å². The summed E-state index contributed by atoms with van der Waals surface area (Å²) in [6.45, 7) is 0. The van der Waals surface area contributed by atoms with E-state index in [1.165, 1.54) is 5.56 Å². The van der Waals surface area contributed by atoms with Crippen LogP contribution in [-0.4, -0.2) is 6.34 Å². The fourth-order valence-corrected chi connectivity index (χ4v) is 1.16. The van der Waals surface area contributed by atoms with Crippen molar-refractivity contribution in [1.29, 1.82) is 0 Å². The third kappa shape index (κ3) is 1.53. The van der Waals surface area contributed by atoms with Gasteiger partial charge in [0.15, 0.2) is 0 Å². The van der Waals surface area contributed by atoms with E-state index in [0.717, 1.165) is 12.1 Å². The van der Waals surface area contributed by atoms with Crippen molar-refractivity contribution in [2.45, 2.75) is 6.42 Å². The van der Waals surface area contributed by atoms with Gasteiger partial charge in [0.1, 0.15) is 6.34 Å². The Balaban J connectivity index is 2.09. The zero-order valence-corrected chi connectivity index (χ0v) is 6.64. The second-order valence-corrected chi connectivity index (χ2v) is 2.68. The largest absolute Gasteiger partial charge is 0.243 e. The third-order valence-corrected chi connectivity index (χ3v) is 1.74. The lowest BCUT2D eigenvalue weighted by Crippen LogP contribution is -1.85. The first-order valence-corrected chi connectivity index (χ1v) is 3.90. The highest BCUT2D eigenvalue weighted by atomic mass is 15.0. The van der Waals surface area contributed by atoms with E-state index in [9.17, 15) is 0 Å². The molecule has 0 amide bonds. The molecule has 0 N–H and O–H groups in total. The first-order valence-electron chi connectivity index (χ1n) is 3.90. The Morgan fingerprint density at radius 2 is 1.92 bits per heavy atom. The molecule has 1 aliphatic rings. The zero-order valence-electron chi connectivity index (χ0n) is 6.64. The van der Waals surface area contributed by atoms with E-state index in [1.807, 2.05) is 18.2 Å². The smallest absolute Gasteiger partial charge is 0.115 e. The Kier molecular flexibility index (Phi) is 1.90. The van der Waals surface area contributed by atoms with Crippen LogP contribution in [0.25, 0.3) is 0 Å². The first kappa shape index (κ1) is 7.10. The quantitative estimate of drug-likeness (QED) is 0.625. The molecule has 1 radical (unpaired) electrons. The van der Waals surface area contributed by atoms with Crippen molar-refractivity contribution < 1.29 is 0 Å². The maximum atomic E-state index is 4.10. The Bertz CT molecular complexity index is 312. The van der Waals surface area contributed by atoms with Crippen molar-refractivity contribution >= 4 is 6.34 Å². The highest BCUT2D eigenvalue weighted by molar-refractivity contribution is 5.61. The summed E-state index contributed by atoms with van der Waals surface area (Å²) >= 11 is 0. The van der Waals surface area contributed by atoms with Gasteiger partial charge >= 0.3 is 0 Å². The monoisotopic (exact) mass is 157 g/mol. The fraction of sp³-hybridized carbons (Fsp3) is 0.100. The molecule has 59 valence electrons. The van der Waals surface area contributed by atoms with E-state index in [4.69, 9.17) is 0 Å². The minimum atomic E-state index is 0.876. The number of benzene rings is 1. The molecule has 0 aliphatic carbocycles. The number of aliphatic imine (C=N–C) groups is 1. The normalized spacial score (nSPS) is 14.2. The van der Waals surface area contributed by atoms with Crippen molar-refractivity contribution in [3.8, 4) is 0 Å². The third-order valence-electron chi connectivity index (χ3n) is 1.74. The van der Waals surface area contributed by atoms with Gasteiger partial charge in [0.2, 0.25) is 0 Å². The molecular weight excluding hydrogens is 148 g/mol. The van der Waals surface area contributed by atoms with Crippen molar-refractivity contribution in [2.75, 3.05) is 0 Å². The molecule has 0 unspecified atom stereocenters. The van der Waals surface area contributed by atoms with E-state index in [1.54, 1.807) is 12.5 Å². The fourth-order valence-electron chi connectivity index (χ4n) is 1.16. The summed E-state index contributed by atoms with van der Waals surface area (Å²) in [5.74, 6) is 0. The lowest BCUT2D eigenvalue weighted by Gasteiger charge is -1.97. The molecule has 1 aromatic rings. The summed E-state index contributed by atoms with van der Waals surface area (Å²) in [4.78, 5) is 4.10. The van der Waals surface area contributed by atoms with Gasteiger partial charge in [-0.15, -0.1) is 0 Å². The van der Waals surface area contributed by atoms with Crippen molar-refractivity contribution in [1.82, 2.24) is 5.32 Å². The zero-order chi connectivity index (χ0) is 8.23. The molecule has 0 spiro atoms. The molecule has 0 saturated carbocycles. The van der Waals surface area contributed by atoms with E-state index < -0.39 is 0 Å². The number of rotatable bonds is 2. The average Bonchev–Trinajstić information content (AvgIpc) is 2.59. The van der Waals surface area contributed by atoms with Crippen LogP contribution in [0.4, 0.5) is 0 Å². The lowest BCUT2D eigenvalue weighted by molar-refractivity contribution is 1.11. The van der Waals surface area contributed by atoms with Crippen LogP contribution < -0.4 is 5.32 Å². The van der Waals surface area contributed by atoms with E-state index in [-0.39, 0.29) is 0 Å². The van der Waals surface area contributed by atoms with Crippen molar-refractivity contribution in [3.05, 3.63) is 47.8 Å². The lowest BCUT2D eigenvalue weighted by atomic mass is 10.1. The van der Waals surface area contributed by atoms with Gasteiger partial charge in [0.25, 0.3) is 0 Å². The van der Waals surface area contributed by atoms with Crippen molar-refractivity contribution in [2.24, 2.45) is 4.99 Å². The maximum absolute atomic E-state index is 4.10. The predicted molar refractivity (Wildman–Crippen MR) is 48.9 cm³/mol. The minimum Gasteiger partial charge on any atom is -0.243 e. The van der Waals surface area contributed by atoms with Gasteiger partial charge in [-0.3, -0.25) is 0 Å². The highest BCUT2D eigenvalue weighted by Crippen LogP contribution is 2.09. The number of nitrogens with zero attached hydrogens (tertiary/aromatic N) is 2. The number of hydrogen-bond donors (Lipinski definition) is 0. The maximum Gasteiger partial charge on any atom is 0.115 e. The molecule has 2 nitrogen and oxygen atoms in total. The predicted octanol–water partition coefficient (Wildman–Crippen LogP) is 1.72. The molecule has 0 bridgehead atoms. The molecule has 0 aromatic heterocycles. The van der Waals surface area contributed by atoms with Crippen LogP contribution in [0.3, 0.4) is 0 Å². The number of hydrogen-bond acceptors (Lipinski definition) is 1. The van der Waals surface area contributed by atoms with Gasteiger partial charge in [-0.05, 0) is 5.56 Å². The topological polar surface area (TPSA) is 26.5 Å². The van der Waals surface area contributed by atoms with Crippen molar-refractivity contribution in [3.63, 3.8) is 0 Å². The summed E-state index contributed by atoms with van der Waals surface area (Å²) in [5.41, 5.74) is 2.30. The van der Waals surface area contributed by atoms with Gasteiger partial charge < -0.3 is 0 Å². The Morgan fingerprint density at radius 1 is 1.08 bits per heavy atom. The van der Waals surface area contributed by atoms with Crippen LogP contribution >= 0.6 is 0 Å². The molecule has 1 aromatic carbocycles. The van der Waals surface area contributed by atoms with E-state index in [2.05, 4.69) is 22.4 Å². The molecular formula is C10H9N2. The number of allylic oxidation sites excluding steroid dienone is 1. The summed E-state index contributed by atoms with van der Waals surface area (Å²) < 4.78 is 0. The Morgan fingerprint density at radius 3 is 2.58 bits per heavy atom. The second kappa shape index (κ2) is 3.22. The Hall–Kier alpha value is -1.57. The molecule has 1 aliphatic heterocycles. The average molecular weight is 157 g/mol. The standard InChI is InChI=1S/C10H9N2/c1-2-4-9(5-3-1)6-10-7-11-8-12-10/h1-5,7-8H,6H2. The molecule has 0 atom stereocenters. The van der Waals surface area contributed by atoms with Gasteiger partial charge in [0.05, 0.1) is 11.9 Å². The molecule has 1 heterocycles. The summed E-state index contributed by atoms with van der Waals surface area (Å²) in [6, 6.07) is 10.3. The van der Waals surface area contributed by atoms with Gasteiger partial charge in [-0.2, -0.15) is 0 Å². The van der Waals surface area contributed by atoms with Crippen LogP contribution in [0.2, 0.25) is 0 Å². The van der Waals surface area contributed by atoms with E-state index in [0.29, 0.717) is 0 Å². The first-order chi connectivity index (χ1) is 5.95. The summed E-state index contributed by atoms with van der Waals surface area (Å²) in [7, 11) is 0. The molecule has 0 saturated heterocycles. The molecule has 0 fully saturated rings. The Labute approximate surface area is 71.6 Å². The van der Waals surface area contributed by atoms with Gasteiger partial charge in [-0.25, -0.2) is 10.3 Å². The van der Waals surface area contributed by atoms with Gasteiger partial charge in [0, 0.05) is 6.42 Å². The van der Waals surface area contributed by atoms with Crippen LogP contribution in [0.1, 0.15) is 5.56 Å². The second-order valence-electron chi connectivity index (χ2n) is 2.68. The molecule has 12 heavy (non-hydrogen) atoms. The minimum absolute atomic E-state index is 0.876.